The average Bonchev–Trinajstić information content (AvgIpc) is 2.66. The number of aliphatic hydroxyl groups is 1. The van der Waals surface area contributed by atoms with Gasteiger partial charge in [-0.3, -0.25) is 4.98 Å². The highest BCUT2D eigenvalue weighted by Gasteiger charge is 2.37. The molecule has 1 fully saturated rings. The summed E-state index contributed by atoms with van der Waals surface area (Å²) in [5, 5.41) is 10.2. The summed E-state index contributed by atoms with van der Waals surface area (Å²) in [6, 6.07) is 3.57. The van der Waals surface area contributed by atoms with Crippen molar-refractivity contribution in [2.24, 2.45) is 0 Å². The monoisotopic (exact) mass is 195 g/mol. The Morgan fingerprint density at radius 1 is 1.64 bits per heavy atom. The van der Waals surface area contributed by atoms with E-state index in [0.717, 1.165) is 0 Å². The van der Waals surface area contributed by atoms with Gasteiger partial charge in [0.15, 0.2) is 0 Å². The Hall–Kier alpha value is -1.13. The molecule has 2 rings (SSSR count). The predicted octanol–water partition coefficient (Wildman–Crippen LogP) is 0.698. The Bertz CT molecular complexity index is 321. The van der Waals surface area contributed by atoms with E-state index < -0.39 is 5.60 Å². The van der Waals surface area contributed by atoms with Gasteiger partial charge in [0, 0.05) is 19.2 Å². The molecule has 1 aliphatic heterocycles. The molecule has 1 aliphatic rings. The second-order valence-corrected chi connectivity index (χ2v) is 3.39. The second kappa shape index (κ2) is 3.55. The van der Waals surface area contributed by atoms with Gasteiger partial charge in [-0.05, 0) is 12.1 Å². The summed E-state index contributed by atoms with van der Waals surface area (Å²) in [5.41, 5.74) is -0.410. The molecular formula is C10H13NO3. The highest BCUT2D eigenvalue weighted by molar-refractivity contribution is 5.32. The molecule has 0 radical (unpaired) electrons. The van der Waals surface area contributed by atoms with Crippen LogP contribution in [0.1, 0.15) is 12.1 Å². The smallest absolute Gasteiger partial charge is 0.143 e. The van der Waals surface area contributed by atoms with Crippen molar-refractivity contribution in [1.29, 1.82) is 0 Å². The predicted molar refractivity (Wildman–Crippen MR) is 50.1 cm³/mol. The van der Waals surface area contributed by atoms with Crippen LogP contribution in [0.25, 0.3) is 0 Å². The van der Waals surface area contributed by atoms with E-state index in [0.29, 0.717) is 31.1 Å². The van der Waals surface area contributed by atoms with Crippen molar-refractivity contribution >= 4 is 0 Å². The zero-order valence-electron chi connectivity index (χ0n) is 8.06. The summed E-state index contributed by atoms with van der Waals surface area (Å²) in [4.78, 5) is 4.15. The van der Waals surface area contributed by atoms with Crippen molar-refractivity contribution in [3.63, 3.8) is 0 Å². The summed E-state index contributed by atoms with van der Waals surface area (Å²) in [6.45, 7) is 0.858. The molecule has 0 saturated carbocycles. The maximum atomic E-state index is 10.2. The van der Waals surface area contributed by atoms with Gasteiger partial charge in [-0.15, -0.1) is 0 Å². The lowest BCUT2D eigenvalue weighted by Crippen LogP contribution is -2.27. The molecule has 1 aromatic heterocycles. The molecule has 14 heavy (non-hydrogen) atoms. The van der Waals surface area contributed by atoms with E-state index in [1.54, 1.807) is 25.4 Å². The Morgan fingerprint density at radius 3 is 3.14 bits per heavy atom. The Kier molecular flexibility index (Phi) is 2.39. The van der Waals surface area contributed by atoms with Crippen molar-refractivity contribution < 1.29 is 14.6 Å². The van der Waals surface area contributed by atoms with Gasteiger partial charge < -0.3 is 14.6 Å². The Labute approximate surface area is 82.5 Å². The number of methoxy groups -OCH3 is 1. The van der Waals surface area contributed by atoms with Crippen LogP contribution in [-0.2, 0) is 10.3 Å². The number of ether oxygens (including phenoxy) is 2. The molecule has 1 N–H and O–H groups in total. The van der Waals surface area contributed by atoms with E-state index in [9.17, 15) is 5.11 Å². The normalized spacial score (nSPS) is 26.4. The number of aromatic nitrogens is 1. The van der Waals surface area contributed by atoms with Crippen LogP contribution < -0.4 is 4.74 Å². The van der Waals surface area contributed by atoms with Gasteiger partial charge >= 0.3 is 0 Å². The van der Waals surface area contributed by atoms with E-state index in [1.165, 1.54) is 0 Å². The molecule has 1 saturated heterocycles. The van der Waals surface area contributed by atoms with Crippen molar-refractivity contribution in [1.82, 2.24) is 4.98 Å². The number of hydrogen-bond acceptors (Lipinski definition) is 4. The second-order valence-electron chi connectivity index (χ2n) is 3.39. The van der Waals surface area contributed by atoms with E-state index in [2.05, 4.69) is 4.98 Å². The van der Waals surface area contributed by atoms with Gasteiger partial charge in [0.2, 0.25) is 0 Å². The molecule has 0 bridgehead atoms. The van der Waals surface area contributed by atoms with Crippen LogP contribution in [0, 0.1) is 0 Å². The van der Waals surface area contributed by atoms with Crippen molar-refractivity contribution in [3.8, 4) is 5.75 Å². The summed E-state index contributed by atoms with van der Waals surface area (Å²) in [6.07, 6.45) is 2.22. The SMILES string of the molecule is COc1cccnc1C1(O)CCOC1. The van der Waals surface area contributed by atoms with Gasteiger partial charge in [-0.2, -0.15) is 0 Å². The quantitative estimate of drug-likeness (QED) is 0.754. The third kappa shape index (κ3) is 1.47. The van der Waals surface area contributed by atoms with Crippen molar-refractivity contribution in [2.75, 3.05) is 20.3 Å². The molecule has 0 aliphatic carbocycles. The third-order valence-corrected chi connectivity index (χ3v) is 2.43. The minimum absolute atomic E-state index is 0.292. The molecule has 1 atom stereocenters. The summed E-state index contributed by atoms with van der Waals surface area (Å²) >= 11 is 0. The molecule has 4 heteroatoms. The molecule has 1 unspecified atom stereocenters. The zero-order valence-corrected chi connectivity index (χ0v) is 8.06. The van der Waals surface area contributed by atoms with E-state index in [1.807, 2.05) is 0 Å². The maximum absolute atomic E-state index is 10.2. The standard InChI is InChI=1S/C10H13NO3/c1-13-8-3-2-5-11-9(8)10(12)4-6-14-7-10/h2-3,5,12H,4,6-7H2,1H3. The average molecular weight is 195 g/mol. The van der Waals surface area contributed by atoms with Crippen molar-refractivity contribution in [2.45, 2.75) is 12.0 Å². The third-order valence-electron chi connectivity index (χ3n) is 2.43. The lowest BCUT2D eigenvalue weighted by molar-refractivity contribution is 0.0173. The fourth-order valence-corrected chi connectivity index (χ4v) is 1.65. The summed E-state index contributed by atoms with van der Waals surface area (Å²) in [5.74, 6) is 0.612. The minimum atomic E-state index is -0.980. The number of nitrogens with zero attached hydrogens (tertiary/aromatic N) is 1. The van der Waals surface area contributed by atoms with Gasteiger partial charge in [-0.25, -0.2) is 0 Å². The first kappa shape index (κ1) is 9.43. The molecule has 0 spiro atoms. The van der Waals surface area contributed by atoms with Crippen LogP contribution in [0.5, 0.6) is 5.75 Å². The van der Waals surface area contributed by atoms with E-state index in [-0.39, 0.29) is 0 Å². The van der Waals surface area contributed by atoms with Gasteiger partial charge in [0.25, 0.3) is 0 Å². The molecule has 0 aromatic carbocycles. The first-order valence-electron chi connectivity index (χ1n) is 4.56. The molecule has 76 valence electrons. The van der Waals surface area contributed by atoms with Crippen LogP contribution in [0.3, 0.4) is 0 Å². The molecule has 1 aromatic rings. The number of rotatable bonds is 2. The summed E-state index contributed by atoms with van der Waals surface area (Å²) in [7, 11) is 1.57. The fourth-order valence-electron chi connectivity index (χ4n) is 1.65. The van der Waals surface area contributed by atoms with Gasteiger partial charge in [-0.1, -0.05) is 0 Å². The number of pyridine rings is 1. The molecular weight excluding hydrogens is 182 g/mol. The lowest BCUT2D eigenvalue weighted by atomic mass is 9.97. The highest BCUT2D eigenvalue weighted by Crippen LogP contribution is 2.34. The first-order chi connectivity index (χ1) is 6.76. The molecule has 4 nitrogen and oxygen atoms in total. The van der Waals surface area contributed by atoms with Gasteiger partial charge in [0.1, 0.15) is 17.0 Å². The van der Waals surface area contributed by atoms with Crippen LogP contribution >= 0.6 is 0 Å². The first-order valence-corrected chi connectivity index (χ1v) is 4.56. The Morgan fingerprint density at radius 2 is 2.50 bits per heavy atom. The van der Waals surface area contributed by atoms with Crippen molar-refractivity contribution in [3.05, 3.63) is 24.0 Å². The maximum Gasteiger partial charge on any atom is 0.143 e. The molecule has 0 amide bonds. The zero-order chi connectivity index (χ0) is 10.0. The van der Waals surface area contributed by atoms with Gasteiger partial charge in [0.05, 0.1) is 13.7 Å². The fraction of sp³-hybridized carbons (Fsp3) is 0.500. The summed E-state index contributed by atoms with van der Waals surface area (Å²) < 4.78 is 10.3. The lowest BCUT2D eigenvalue weighted by Gasteiger charge is -2.21. The van der Waals surface area contributed by atoms with E-state index in [4.69, 9.17) is 9.47 Å². The Balaban J connectivity index is 2.39. The van der Waals surface area contributed by atoms with Crippen LogP contribution in [-0.4, -0.2) is 30.4 Å². The molecule has 2 heterocycles. The van der Waals surface area contributed by atoms with Crippen LogP contribution in [0.4, 0.5) is 0 Å². The highest BCUT2D eigenvalue weighted by atomic mass is 16.5. The largest absolute Gasteiger partial charge is 0.495 e. The minimum Gasteiger partial charge on any atom is -0.495 e. The van der Waals surface area contributed by atoms with Crippen LogP contribution in [0.2, 0.25) is 0 Å². The topological polar surface area (TPSA) is 51.6 Å². The number of hydrogen-bond donors (Lipinski definition) is 1. The van der Waals surface area contributed by atoms with E-state index >= 15 is 0 Å². The van der Waals surface area contributed by atoms with Crippen LogP contribution in [0.15, 0.2) is 18.3 Å².